The van der Waals surface area contributed by atoms with Crippen molar-refractivity contribution in [1.82, 2.24) is 0 Å². The van der Waals surface area contributed by atoms with Crippen LogP contribution in [0.5, 0.6) is 0 Å². The van der Waals surface area contributed by atoms with Crippen LogP contribution in [-0.2, 0) is 4.43 Å². The summed E-state index contributed by atoms with van der Waals surface area (Å²) in [5.74, 6) is 0. The van der Waals surface area contributed by atoms with Gasteiger partial charge in [-0.3, -0.25) is 0 Å². The van der Waals surface area contributed by atoms with E-state index in [9.17, 15) is 0 Å². The molecule has 1 nitrogen and oxygen atoms in total. The van der Waals surface area contributed by atoms with Gasteiger partial charge in [-0.15, -0.1) is 0 Å². The Balaban J connectivity index is 2.13. The lowest BCUT2D eigenvalue weighted by Gasteiger charge is -2.25. The van der Waals surface area contributed by atoms with Crippen LogP contribution >= 0.6 is 0 Å². The second-order valence-corrected chi connectivity index (χ2v) is 5.33. The lowest BCUT2D eigenvalue weighted by molar-refractivity contribution is 0.130. The first-order valence-corrected chi connectivity index (χ1v) is 6.39. The molecule has 0 saturated heterocycles. The number of rotatable bonds is 4. The molecule has 1 aromatic carbocycles. The van der Waals surface area contributed by atoms with Gasteiger partial charge in [0.05, 0.1) is 5.60 Å². The van der Waals surface area contributed by atoms with Crippen molar-refractivity contribution in [2.24, 2.45) is 0 Å². The zero-order valence-electron chi connectivity index (χ0n) is 10.2. The lowest BCUT2D eigenvalue weighted by atomic mass is 9.90. The minimum absolute atomic E-state index is 0.0813. The molecule has 84 valence electrons. The Bertz CT molecular complexity index is 458. The van der Waals surface area contributed by atoms with E-state index in [1.807, 2.05) is 0 Å². The Hall–Kier alpha value is -1.12. The Morgan fingerprint density at radius 1 is 1.31 bits per heavy atom. The fourth-order valence-corrected chi connectivity index (χ4v) is 2.01. The van der Waals surface area contributed by atoms with Gasteiger partial charge in [-0.1, -0.05) is 30.9 Å². The molecule has 1 aliphatic rings. The lowest BCUT2D eigenvalue weighted by Crippen LogP contribution is -2.23. The van der Waals surface area contributed by atoms with E-state index in [0.717, 1.165) is 22.5 Å². The molecule has 0 spiro atoms. The minimum atomic E-state index is -0.0813. The second kappa shape index (κ2) is 4.04. The summed E-state index contributed by atoms with van der Waals surface area (Å²) in [6, 6.07) is 6.51. The standard InChI is InChI=1S/C14H18OSi/c1-10(9-14(2,3)15-16)12-6-4-11-5-7-13(11)8-12/h4-8H,1,9H2,2-3,16H3. The summed E-state index contributed by atoms with van der Waals surface area (Å²) in [4.78, 5) is 0. The molecular weight excluding hydrogens is 212 g/mol. The maximum absolute atomic E-state index is 5.56. The van der Waals surface area contributed by atoms with Crippen LogP contribution in [0, 0.1) is 0 Å². The van der Waals surface area contributed by atoms with Crippen LogP contribution in [0.1, 0.15) is 37.0 Å². The molecule has 0 aliphatic heterocycles. The zero-order chi connectivity index (χ0) is 11.8. The van der Waals surface area contributed by atoms with Crippen LogP contribution in [0.15, 0.2) is 24.8 Å². The third-order valence-corrected chi connectivity index (χ3v) is 4.23. The largest absolute Gasteiger partial charge is 0.423 e. The van der Waals surface area contributed by atoms with Gasteiger partial charge in [-0.25, -0.2) is 0 Å². The van der Waals surface area contributed by atoms with Crippen molar-refractivity contribution >= 4 is 28.2 Å². The predicted molar refractivity (Wildman–Crippen MR) is 74.1 cm³/mol. The molecule has 0 radical (unpaired) electrons. The molecule has 0 atom stereocenters. The minimum Gasteiger partial charge on any atom is -0.423 e. The summed E-state index contributed by atoms with van der Waals surface area (Å²) in [6.45, 7) is 8.40. The van der Waals surface area contributed by atoms with Crippen molar-refractivity contribution in [2.45, 2.75) is 25.9 Å². The van der Waals surface area contributed by atoms with Crippen molar-refractivity contribution < 1.29 is 4.43 Å². The molecule has 0 aromatic heterocycles. The van der Waals surface area contributed by atoms with E-state index in [-0.39, 0.29) is 5.60 Å². The average Bonchev–Trinajstić information content (AvgIpc) is 2.19. The summed E-state index contributed by atoms with van der Waals surface area (Å²) >= 11 is 0. The van der Waals surface area contributed by atoms with Crippen LogP contribution in [0.2, 0.25) is 0 Å². The number of benzene rings is 1. The van der Waals surface area contributed by atoms with Gasteiger partial charge in [0.15, 0.2) is 0 Å². The summed E-state index contributed by atoms with van der Waals surface area (Å²) in [6.07, 6.45) is 5.16. The van der Waals surface area contributed by atoms with E-state index in [0.29, 0.717) is 0 Å². The first kappa shape index (κ1) is 11.4. The molecular formula is C14H18OSi. The highest BCUT2D eigenvalue weighted by molar-refractivity contribution is 5.98. The van der Waals surface area contributed by atoms with Crippen molar-refractivity contribution in [1.29, 1.82) is 0 Å². The summed E-state index contributed by atoms with van der Waals surface area (Å²) in [5, 5.41) is 0. The van der Waals surface area contributed by atoms with Crippen molar-refractivity contribution in [2.75, 3.05) is 0 Å². The molecule has 1 aliphatic carbocycles. The third-order valence-electron chi connectivity index (χ3n) is 3.13. The maximum Gasteiger partial charge on any atom is 0.146 e. The SMILES string of the molecule is C=C(CC(C)(C)O[SiH3])c1ccc2c(c1)C=C2. The zero-order valence-corrected chi connectivity index (χ0v) is 12.2. The number of fused-ring (bicyclic) bond motifs is 1. The van der Waals surface area contributed by atoms with Gasteiger partial charge >= 0.3 is 0 Å². The second-order valence-electron chi connectivity index (χ2n) is 4.92. The molecule has 0 bridgehead atoms. The molecule has 1 aromatic rings. The third kappa shape index (κ3) is 2.18. The fourth-order valence-electron chi connectivity index (χ4n) is 1.86. The monoisotopic (exact) mass is 230 g/mol. The van der Waals surface area contributed by atoms with Gasteiger partial charge in [0, 0.05) is 0 Å². The fraction of sp³-hybridized carbons (Fsp3) is 0.286. The van der Waals surface area contributed by atoms with Crippen LogP contribution < -0.4 is 0 Å². The van der Waals surface area contributed by atoms with E-state index in [1.54, 1.807) is 0 Å². The van der Waals surface area contributed by atoms with Crippen LogP contribution in [0.4, 0.5) is 0 Å². The Morgan fingerprint density at radius 2 is 2.00 bits per heavy atom. The average molecular weight is 230 g/mol. The predicted octanol–water partition coefficient (Wildman–Crippen LogP) is 2.65. The Morgan fingerprint density at radius 3 is 2.50 bits per heavy atom. The van der Waals surface area contributed by atoms with Crippen molar-refractivity contribution in [3.05, 3.63) is 41.5 Å². The van der Waals surface area contributed by atoms with Gasteiger partial charge in [-0.05, 0) is 48.6 Å². The highest BCUT2D eigenvalue weighted by Crippen LogP contribution is 2.30. The quantitative estimate of drug-likeness (QED) is 0.734. The van der Waals surface area contributed by atoms with Gasteiger partial charge < -0.3 is 4.43 Å². The molecule has 16 heavy (non-hydrogen) atoms. The maximum atomic E-state index is 5.56. The van der Waals surface area contributed by atoms with Crippen LogP contribution in [-0.4, -0.2) is 16.1 Å². The Labute approximate surface area is 100 Å². The molecule has 2 heteroatoms. The van der Waals surface area contributed by atoms with E-state index in [2.05, 4.69) is 50.8 Å². The van der Waals surface area contributed by atoms with E-state index in [1.165, 1.54) is 16.7 Å². The highest BCUT2D eigenvalue weighted by atomic mass is 28.2. The summed E-state index contributed by atoms with van der Waals surface area (Å²) < 4.78 is 5.56. The summed E-state index contributed by atoms with van der Waals surface area (Å²) in [5.41, 5.74) is 4.96. The van der Waals surface area contributed by atoms with Gasteiger partial charge in [-0.2, -0.15) is 0 Å². The smallest absolute Gasteiger partial charge is 0.146 e. The molecule has 0 N–H and O–H groups in total. The molecule has 0 amide bonds. The van der Waals surface area contributed by atoms with Gasteiger partial charge in [0.2, 0.25) is 0 Å². The van der Waals surface area contributed by atoms with Crippen LogP contribution in [0.25, 0.3) is 17.7 Å². The van der Waals surface area contributed by atoms with E-state index < -0.39 is 0 Å². The number of hydrogen-bond acceptors (Lipinski definition) is 1. The normalized spacial score (nSPS) is 13.4. The van der Waals surface area contributed by atoms with Crippen molar-refractivity contribution in [3.8, 4) is 0 Å². The first-order valence-electron chi connectivity index (χ1n) is 5.57. The first-order chi connectivity index (χ1) is 7.52. The number of hydrogen-bond donors (Lipinski definition) is 0. The van der Waals surface area contributed by atoms with Gasteiger partial charge in [0.1, 0.15) is 10.5 Å². The molecule has 0 fully saturated rings. The molecule has 0 heterocycles. The van der Waals surface area contributed by atoms with Crippen molar-refractivity contribution in [3.63, 3.8) is 0 Å². The highest BCUT2D eigenvalue weighted by Gasteiger charge is 2.18. The van der Waals surface area contributed by atoms with E-state index >= 15 is 0 Å². The van der Waals surface area contributed by atoms with Gasteiger partial charge in [0.25, 0.3) is 0 Å². The van der Waals surface area contributed by atoms with Crippen LogP contribution in [0.3, 0.4) is 0 Å². The van der Waals surface area contributed by atoms with E-state index in [4.69, 9.17) is 4.43 Å². The topological polar surface area (TPSA) is 9.23 Å². The summed E-state index contributed by atoms with van der Waals surface area (Å²) in [7, 11) is 0.771. The molecule has 2 rings (SSSR count). The molecule has 0 unspecified atom stereocenters. The molecule has 0 saturated carbocycles. The Kier molecular flexibility index (Phi) is 2.87.